The first-order valence-electron chi connectivity index (χ1n) is 6.29. The molecule has 0 fully saturated rings. The summed E-state index contributed by atoms with van der Waals surface area (Å²) in [5.74, 6) is 0.837. The third-order valence-corrected chi connectivity index (χ3v) is 2.99. The lowest BCUT2D eigenvalue weighted by Gasteiger charge is -2.15. The van der Waals surface area contributed by atoms with Crippen LogP contribution in [0.5, 0.6) is 5.75 Å². The van der Waals surface area contributed by atoms with Crippen molar-refractivity contribution in [2.75, 3.05) is 20.7 Å². The first kappa shape index (κ1) is 15.8. The van der Waals surface area contributed by atoms with Crippen LogP contribution in [0.3, 0.4) is 0 Å². The number of hydrogen-bond donors (Lipinski definition) is 1. The molecular formula is C14H21ClN2O2. The number of hydrogen-bond acceptors (Lipinski definition) is 3. The molecule has 0 unspecified atom stereocenters. The van der Waals surface area contributed by atoms with Crippen LogP contribution in [-0.2, 0) is 4.79 Å². The van der Waals surface area contributed by atoms with Gasteiger partial charge in [-0.3, -0.25) is 4.79 Å². The predicted molar refractivity (Wildman–Crippen MR) is 77.5 cm³/mol. The van der Waals surface area contributed by atoms with Crippen molar-refractivity contribution in [2.24, 2.45) is 5.73 Å². The largest absolute Gasteiger partial charge is 0.493 e. The molecule has 0 radical (unpaired) electrons. The van der Waals surface area contributed by atoms with Gasteiger partial charge in [0.05, 0.1) is 6.61 Å². The van der Waals surface area contributed by atoms with Crippen LogP contribution < -0.4 is 10.5 Å². The molecule has 0 heterocycles. The molecule has 19 heavy (non-hydrogen) atoms. The Balaban J connectivity index is 2.52. The second kappa shape index (κ2) is 7.36. The minimum atomic E-state index is -0.142. The van der Waals surface area contributed by atoms with Gasteiger partial charge in [-0.05, 0) is 31.5 Å². The number of ether oxygens (including phenoxy) is 1. The summed E-state index contributed by atoms with van der Waals surface area (Å²) in [6.07, 6.45) is 1.16. The normalized spacial score (nSPS) is 12.1. The van der Waals surface area contributed by atoms with E-state index in [9.17, 15) is 4.79 Å². The molecule has 1 aromatic carbocycles. The molecule has 1 rings (SSSR count). The summed E-state index contributed by atoms with van der Waals surface area (Å²) in [5, 5.41) is 0.641. The standard InChI is InChI=1S/C14H21ClN2O2/c1-10(16)12-9-11(15)6-7-13(12)19-8-4-5-14(18)17(2)3/h6-7,9-10H,4-5,8,16H2,1-3H3/t10-/m1/s1. The second-order valence-corrected chi connectivity index (χ2v) is 5.15. The minimum Gasteiger partial charge on any atom is -0.493 e. The summed E-state index contributed by atoms with van der Waals surface area (Å²) < 4.78 is 5.67. The number of carbonyl (C=O) groups is 1. The van der Waals surface area contributed by atoms with Crippen molar-refractivity contribution < 1.29 is 9.53 Å². The van der Waals surface area contributed by atoms with Gasteiger partial charge in [-0.15, -0.1) is 0 Å². The highest BCUT2D eigenvalue weighted by Gasteiger charge is 2.09. The summed E-state index contributed by atoms with van der Waals surface area (Å²) >= 11 is 5.94. The van der Waals surface area contributed by atoms with Gasteiger partial charge >= 0.3 is 0 Å². The molecular weight excluding hydrogens is 264 g/mol. The van der Waals surface area contributed by atoms with Gasteiger partial charge in [-0.2, -0.15) is 0 Å². The van der Waals surface area contributed by atoms with Crippen molar-refractivity contribution in [1.29, 1.82) is 0 Å². The van der Waals surface area contributed by atoms with E-state index in [-0.39, 0.29) is 11.9 Å². The molecule has 0 aliphatic heterocycles. The number of benzene rings is 1. The quantitative estimate of drug-likeness (QED) is 0.817. The SMILES string of the molecule is C[C@@H](N)c1cc(Cl)ccc1OCCCC(=O)N(C)C. The number of halogens is 1. The molecule has 0 saturated heterocycles. The van der Waals surface area contributed by atoms with Gasteiger partial charge < -0.3 is 15.4 Å². The number of rotatable bonds is 6. The Morgan fingerprint density at radius 2 is 2.16 bits per heavy atom. The van der Waals surface area contributed by atoms with Gasteiger partial charge in [0.1, 0.15) is 5.75 Å². The summed E-state index contributed by atoms with van der Waals surface area (Å²) in [4.78, 5) is 13.0. The van der Waals surface area contributed by atoms with E-state index < -0.39 is 0 Å². The highest BCUT2D eigenvalue weighted by Crippen LogP contribution is 2.27. The highest BCUT2D eigenvalue weighted by molar-refractivity contribution is 6.30. The maximum Gasteiger partial charge on any atom is 0.222 e. The Morgan fingerprint density at radius 3 is 2.74 bits per heavy atom. The maximum absolute atomic E-state index is 11.4. The van der Waals surface area contributed by atoms with Crippen LogP contribution in [0.4, 0.5) is 0 Å². The molecule has 2 N–H and O–H groups in total. The number of nitrogens with zero attached hydrogens (tertiary/aromatic N) is 1. The van der Waals surface area contributed by atoms with Crippen LogP contribution in [0.15, 0.2) is 18.2 Å². The Morgan fingerprint density at radius 1 is 1.47 bits per heavy atom. The zero-order chi connectivity index (χ0) is 14.4. The van der Waals surface area contributed by atoms with Crippen LogP contribution in [0, 0.1) is 0 Å². The van der Waals surface area contributed by atoms with E-state index in [0.717, 1.165) is 11.3 Å². The second-order valence-electron chi connectivity index (χ2n) is 4.71. The Hall–Kier alpha value is -1.26. The fraction of sp³-hybridized carbons (Fsp3) is 0.500. The first-order valence-corrected chi connectivity index (χ1v) is 6.67. The van der Waals surface area contributed by atoms with E-state index in [1.165, 1.54) is 0 Å². The molecule has 0 bridgehead atoms. The van der Waals surface area contributed by atoms with Crippen LogP contribution in [0.1, 0.15) is 31.4 Å². The maximum atomic E-state index is 11.4. The average molecular weight is 285 g/mol. The first-order chi connectivity index (χ1) is 8.91. The monoisotopic (exact) mass is 284 g/mol. The van der Waals surface area contributed by atoms with Crippen molar-refractivity contribution in [1.82, 2.24) is 4.90 Å². The van der Waals surface area contributed by atoms with Gasteiger partial charge in [-0.25, -0.2) is 0 Å². The molecule has 5 heteroatoms. The van der Waals surface area contributed by atoms with Crippen molar-refractivity contribution in [3.05, 3.63) is 28.8 Å². The molecule has 1 amide bonds. The minimum absolute atomic E-state index is 0.104. The van der Waals surface area contributed by atoms with Gasteiger partial charge in [0, 0.05) is 37.1 Å². The van der Waals surface area contributed by atoms with E-state index in [4.69, 9.17) is 22.1 Å². The number of amides is 1. The van der Waals surface area contributed by atoms with Gasteiger partial charge in [-0.1, -0.05) is 11.6 Å². The van der Waals surface area contributed by atoms with Crippen molar-refractivity contribution in [3.8, 4) is 5.75 Å². The smallest absolute Gasteiger partial charge is 0.222 e. The zero-order valence-electron chi connectivity index (χ0n) is 11.6. The third kappa shape index (κ3) is 5.09. The Bertz CT molecular complexity index is 433. The molecule has 4 nitrogen and oxygen atoms in total. The third-order valence-electron chi connectivity index (χ3n) is 2.75. The molecule has 0 aliphatic carbocycles. The number of carbonyl (C=O) groups excluding carboxylic acids is 1. The highest BCUT2D eigenvalue weighted by atomic mass is 35.5. The summed E-state index contributed by atoms with van der Waals surface area (Å²) in [7, 11) is 3.49. The van der Waals surface area contributed by atoms with Gasteiger partial charge in [0.25, 0.3) is 0 Å². The lowest BCUT2D eigenvalue weighted by molar-refractivity contribution is -0.128. The summed E-state index contributed by atoms with van der Waals surface area (Å²) in [6.45, 7) is 2.37. The van der Waals surface area contributed by atoms with Crippen molar-refractivity contribution in [2.45, 2.75) is 25.8 Å². The van der Waals surface area contributed by atoms with Crippen LogP contribution >= 0.6 is 11.6 Å². The molecule has 106 valence electrons. The molecule has 0 saturated carbocycles. The predicted octanol–water partition coefficient (Wildman–Crippen LogP) is 2.61. The van der Waals surface area contributed by atoms with Crippen LogP contribution in [0.2, 0.25) is 5.02 Å². The van der Waals surface area contributed by atoms with E-state index in [0.29, 0.717) is 24.5 Å². The lowest BCUT2D eigenvalue weighted by Crippen LogP contribution is -2.21. The lowest BCUT2D eigenvalue weighted by atomic mass is 10.1. The van der Waals surface area contributed by atoms with Crippen molar-refractivity contribution >= 4 is 17.5 Å². The van der Waals surface area contributed by atoms with E-state index >= 15 is 0 Å². The Labute approximate surface area is 119 Å². The number of nitrogens with two attached hydrogens (primary N) is 1. The van der Waals surface area contributed by atoms with E-state index in [2.05, 4.69) is 0 Å². The molecule has 1 aromatic rings. The van der Waals surface area contributed by atoms with Gasteiger partial charge in [0.15, 0.2) is 0 Å². The Kier molecular flexibility index (Phi) is 6.12. The molecule has 1 atom stereocenters. The molecule has 0 spiro atoms. The fourth-order valence-corrected chi connectivity index (χ4v) is 1.82. The summed E-state index contributed by atoms with van der Waals surface area (Å²) in [5.41, 5.74) is 6.76. The van der Waals surface area contributed by atoms with Crippen LogP contribution in [0.25, 0.3) is 0 Å². The fourth-order valence-electron chi connectivity index (χ4n) is 1.64. The van der Waals surface area contributed by atoms with Crippen molar-refractivity contribution in [3.63, 3.8) is 0 Å². The summed E-state index contributed by atoms with van der Waals surface area (Å²) in [6, 6.07) is 5.26. The van der Waals surface area contributed by atoms with Gasteiger partial charge in [0.2, 0.25) is 5.91 Å². The molecule has 0 aromatic heterocycles. The zero-order valence-corrected chi connectivity index (χ0v) is 12.4. The molecule has 0 aliphatic rings. The van der Waals surface area contributed by atoms with E-state index in [1.54, 1.807) is 25.1 Å². The topological polar surface area (TPSA) is 55.6 Å². The average Bonchev–Trinajstić information content (AvgIpc) is 2.35. The van der Waals surface area contributed by atoms with E-state index in [1.807, 2.05) is 19.1 Å². The van der Waals surface area contributed by atoms with Crippen LogP contribution in [-0.4, -0.2) is 31.5 Å².